The highest BCUT2D eigenvalue weighted by atomic mass is 35.5. The SMILES string of the molecule is NC(=O)C1(C2CCC(C(=O)Nc3cnccc3Cl)CC2)NCN=C1C(=O)NCC1CCCO1. The van der Waals surface area contributed by atoms with Gasteiger partial charge in [-0.2, -0.15) is 0 Å². The molecule has 2 atom stereocenters. The van der Waals surface area contributed by atoms with Crippen molar-refractivity contribution in [3.05, 3.63) is 23.5 Å². The Balaban J connectivity index is 1.39. The first-order valence-corrected chi connectivity index (χ1v) is 11.7. The van der Waals surface area contributed by atoms with Gasteiger partial charge in [0.2, 0.25) is 11.8 Å². The molecule has 33 heavy (non-hydrogen) atoms. The van der Waals surface area contributed by atoms with Crippen LogP contribution in [-0.4, -0.2) is 59.9 Å². The Labute approximate surface area is 197 Å². The predicted octanol–water partition coefficient (Wildman–Crippen LogP) is 1.00. The van der Waals surface area contributed by atoms with Gasteiger partial charge in [0.15, 0.2) is 0 Å². The van der Waals surface area contributed by atoms with Gasteiger partial charge in [0.1, 0.15) is 11.3 Å². The van der Waals surface area contributed by atoms with E-state index in [2.05, 4.69) is 25.9 Å². The average Bonchev–Trinajstić information content (AvgIpc) is 3.50. The third-order valence-electron chi connectivity index (χ3n) is 6.82. The molecule has 1 aromatic heterocycles. The zero-order valence-electron chi connectivity index (χ0n) is 18.3. The molecule has 178 valence electrons. The van der Waals surface area contributed by atoms with Crippen molar-refractivity contribution in [1.82, 2.24) is 15.6 Å². The molecule has 2 aliphatic heterocycles. The summed E-state index contributed by atoms with van der Waals surface area (Å²) in [6.45, 7) is 1.21. The van der Waals surface area contributed by atoms with E-state index in [-0.39, 0.29) is 36.2 Å². The van der Waals surface area contributed by atoms with Crippen molar-refractivity contribution in [3.8, 4) is 0 Å². The number of aromatic nitrogens is 1. The molecular formula is C22H29ClN6O4. The van der Waals surface area contributed by atoms with E-state index in [0.29, 0.717) is 49.5 Å². The Morgan fingerprint density at radius 2 is 2.03 bits per heavy atom. The van der Waals surface area contributed by atoms with Gasteiger partial charge >= 0.3 is 0 Å². The van der Waals surface area contributed by atoms with Crippen LogP contribution in [0.25, 0.3) is 0 Å². The van der Waals surface area contributed by atoms with Crippen LogP contribution < -0.4 is 21.7 Å². The van der Waals surface area contributed by atoms with Gasteiger partial charge in [-0.3, -0.25) is 29.7 Å². The number of hydrogen-bond donors (Lipinski definition) is 4. The summed E-state index contributed by atoms with van der Waals surface area (Å²) in [6, 6.07) is 1.61. The fourth-order valence-corrected chi connectivity index (χ4v) is 5.19. The zero-order chi connectivity index (χ0) is 23.4. The van der Waals surface area contributed by atoms with Gasteiger partial charge in [-0.05, 0) is 50.5 Å². The van der Waals surface area contributed by atoms with E-state index in [9.17, 15) is 14.4 Å². The first-order chi connectivity index (χ1) is 15.9. The van der Waals surface area contributed by atoms with Crippen LogP contribution in [0.2, 0.25) is 5.02 Å². The van der Waals surface area contributed by atoms with E-state index in [1.807, 2.05) is 0 Å². The molecule has 3 aliphatic rings. The van der Waals surface area contributed by atoms with Crippen LogP contribution in [0.4, 0.5) is 5.69 Å². The first kappa shape index (κ1) is 23.6. The standard InChI is InChI=1S/C22H29ClN6O4/c23-16-7-8-25-11-17(16)29-19(30)13-3-5-14(6-4-13)22(21(24)32)18(27-12-28-22)20(31)26-10-15-2-1-9-33-15/h7-8,11,13-15,28H,1-6,9-10,12H2,(H2,24,32)(H,26,31)(H,29,30). The number of nitrogens with one attached hydrogen (secondary N) is 3. The molecule has 2 unspecified atom stereocenters. The number of anilines is 1. The fourth-order valence-electron chi connectivity index (χ4n) is 5.03. The van der Waals surface area contributed by atoms with Crippen LogP contribution in [0, 0.1) is 11.8 Å². The van der Waals surface area contributed by atoms with E-state index in [1.165, 1.54) is 6.20 Å². The average molecular weight is 477 g/mol. The Morgan fingerprint density at radius 1 is 1.24 bits per heavy atom. The number of rotatable bonds is 7. The lowest BCUT2D eigenvalue weighted by atomic mass is 9.69. The lowest BCUT2D eigenvalue weighted by Crippen LogP contribution is -2.66. The number of nitrogens with two attached hydrogens (primary N) is 1. The molecule has 1 saturated carbocycles. The minimum Gasteiger partial charge on any atom is -0.376 e. The number of ether oxygens (including phenoxy) is 1. The molecule has 1 saturated heterocycles. The zero-order valence-corrected chi connectivity index (χ0v) is 19.1. The molecule has 10 nitrogen and oxygen atoms in total. The first-order valence-electron chi connectivity index (χ1n) is 11.3. The summed E-state index contributed by atoms with van der Waals surface area (Å²) in [5.41, 5.74) is 5.09. The number of carbonyl (C=O) groups is 3. The number of halogens is 1. The number of primary amides is 1. The van der Waals surface area contributed by atoms with Crippen LogP contribution in [-0.2, 0) is 19.1 Å². The van der Waals surface area contributed by atoms with Crippen LogP contribution >= 0.6 is 11.6 Å². The van der Waals surface area contributed by atoms with E-state index in [4.69, 9.17) is 22.1 Å². The third-order valence-corrected chi connectivity index (χ3v) is 7.15. The minimum absolute atomic E-state index is 0.0193. The maximum Gasteiger partial charge on any atom is 0.267 e. The van der Waals surface area contributed by atoms with Crippen molar-refractivity contribution < 1.29 is 19.1 Å². The molecule has 3 amide bonds. The van der Waals surface area contributed by atoms with E-state index in [1.54, 1.807) is 12.3 Å². The highest BCUT2D eigenvalue weighted by molar-refractivity contribution is 6.47. The molecule has 5 N–H and O–H groups in total. The minimum atomic E-state index is -1.34. The number of carbonyl (C=O) groups excluding carboxylic acids is 3. The maximum atomic E-state index is 12.9. The molecule has 4 rings (SSSR count). The Morgan fingerprint density at radius 3 is 2.70 bits per heavy atom. The molecule has 0 radical (unpaired) electrons. The topological polar surface area (TPSA) is 148 Å². The second-order valence-electron chi connectivity index (χ2n) is 8.75. The summed E-state index contributed by atoms with van der Waals surface area (Å²) in [5, 5.41) is 9.19. The lowest BCUT2D eigenvalue weighted by Gasteiger charge is -2.39. The molecule has 1 aromatic rings. The largest absolute Gasteiger partial charge is 0.376 e. The normalized spacial score (nSPS) is 29.4. The Bertz CT molecular complexity index is 943. The van der Waals surface area contributed by atoms with E-state index < -0.39 is 17.4 Å². The number of hydrogen-bond acceptors (Lipinski definition) is 7. The number of pyridine rings is 1. The summed E-state index contributed by atoms with van der Waals surface area (Å²) >= 11 is 6.11. The molecule has 2 fully saturated rings. The predicted molar refractivity (Wildman–Crippen MR) is 123 cm³/mol. The summed E-state index contributed by atoms with van der Waals surface area (Å²) in [7, 11) is 0. The van der Waals surface area contributed by atoms with Crippen LogP contribution in [0.1, 0.15) is 38.5 Å². The second kappa shape index (κ2) is 10.1. The summed E-state index contributed by atoms with van der Waals surface area (Å²) < 4.78 is 5.55. The summed E-state index contributed by atoms with van der Waals surface area (Å²) in [4.78, 5) is 46.6. The molecule has 0 bridgehead atoms. The van der Waals surface area contributed by atoms with Gasteiger partial charge in [-0.15, -0.1) is 0 Å². The van der Waals surface area contributed by atoms with Gasteiger partial charge in [0, 0.05) is 25.3 Å². The van der Waals surface area contributed by atoms with Crippen molar-refractivity contribution >= 4 is 40.7 Å². The van der Waals surface area contributed by atoms with Crippen LogP contribution in [0.5, 0.6) is 0 Å². The maximum absolute atomic E-state index is 12.9. The van der Waals surface area contributed by atoms with Gasteiger partial charge < -0.3 is 21.1 Å². The quantitative estimate of drug-likeness (QED) is 0.461. The third kappa shape index (κ3) is 4.87. The Kier molecular flexibility index (Phi) is 7.26. The summed E-state index contributed by atoms with van der Waals surface area (Å²) in [6.07, 6.45) is 7.10. The van der Waals surface area contributed by atoms with Gasteiger partial charge in [0.25, 0.3) is 5.91 Å². The van der Waals surface area contributed by atoms with Gasteiger partial charge in [-0.25, -0.2) is 0 Å². The highest BCUT2D eigenvalue weighted by Crippen LogP contribution is 2.38. The molecule has 11 heteroatoms. The number of aliphatic imine (C=N–C) groups is 1. The molecule has 3 heterocycles. The molecule has 1 aliphatic carbocycles. The second-order valence-corrected chi connectivity index (χ2v) is 9.16. The lowest BCUT2D eigenvalue weighted by molar-refractivity contribution is -0.126. The monoisotopic (exact) mass is 476 g/mol. The van der Waals surface area contributed by atoms with Crippen molar-refractivity contribution in [2.45, 2.75) is 50.2 Å². The molecule has 0 aromatic carbocycles. The van der Waals surface area contributed by atoms with Crippen molar-refractivity contribution in [2.24, 2.45) is 22.6 Å². The highest BCUT2D eigenvalue weighted by Gasteiger charge is 2.54. The van der Waals surface area contributed by atoms with Crippen LogP contribution in [0.3, 0.4) is 0 Å². The molecule has 0 spiro atoms. The summed E-state index contributed by atoms with van der Waals surface area (Å²) in [5.74, 6) is -1.64. The van der Waals surface area contributed by atoms with E-state index in [0.717, 1.165) is 12.8 Å². The number of nitrogens with zero attached hydrogens (tertiary/aromatic N) is 2. The van der Waals surface area contributed by atoms with Crippen molar-refractivity contribution in [1.29, 1.82) is 0 Å². The smallest absolute Gasteiger partial charge is 0.267 e. The van der Waals surface area contributed by atoms with Crippen LogP contribution in [0.15, 0.2) is 23.5 Å². The Hall–Kier alpha value is -2.56. The van der Waals surface area contributed by atoms with Crippen molar-refractivity contribution in [2.75, 3.05) is 25.1 Å². The van der Waals surface area contributed by atoms with Crippen molar-refractivity contribution in [3.63, 3.8) is 0 Å². The molecular weight excluding hydrogens is 448 g/mol. The number of amides is 3. The van der Waals surface area contributed by atoms with Gasteiger partial charge in [-0.1, -0.05) is 11.6 Å². The van der Waals surface area contributed by atoms with E-state index >= 15 is 0 Å². The van der Waals surface area contributed by atoms with Gasteiger partial charge in [0.05, 0.1) is 29.7 Å². The fraction of sp³-hybridized carbons (Fsp3) is 0.591.